The van der Waals surface area contributed by atoms with Crippen molar-refractivity contribution in [3.8, 4) is 0 Å². The van der Waals surface area contributed by atoms with Crippen LogP contribution in [-0.4, -0.2) is 23.7 Å². The van der Waals surface area contributed by atoms with Gasteiger partial charge in [0.25, 0.3) is 0 Å². The summed E-state index contributed by atoms with van der Waals surface area (Å²) in [5, 5.41) is 7.63. The van der Waals surface area contributed by atoms with Gasteiger partial charge in [0.15, 0.2) is 0 Å². The number of amides is 2. The molecule has 0 bridgehead atoms. The third kappa shape index (κ3) is 5.02. The molecule has 18 heavy (non-hydrogen) atoms. The second-order valence-corrected chi connectivity index (χ2v) is 3.46. The highest BCUT2D eigenvalue weighted by Crippen LogP contribution is 1.99. The second kappa shape index (κ2) is 6.95. The number of hydrazone groups is 2. The Kier molecular flexibility index (Phi) is 5.24. The molecule has 0 saturated carbocycles. The number of nitrogens with one attached hydrogen (secondary N) is 2. The van der Waals surface area contributed by atoms with E-state index in [1.165, 1.54) is 20.1 Å². The molecule has 6 heteroatoms. The van der Waals surface area contributed by atoms with Crippen LogP contribution in [0.2, 0.25) is 0 Å². The zero-order chi connectivity index (χ0) is 13.4. The molecule has 1 aromatic carbocycles. The zero-order valence-corrected chi connectivity index (χ0v) is 10.2. The van der Waals surface area contributed by atoms with Crippen molar-refractivity contribution in [2.45, 2.75) is 13.8 Å². The molecule has 2 N–H and O–H groups in total. The van der Waals surface area contributed by atoms with Crippen molar-refractivity contribution < 1.29 is 9.59 Å². The summed E-state index contributed by atoms with van der Waals surface area (Å²) in [6, 6.07) is 9.18. The van der Waals surface area contributed by atoms with Gasteiger partial charge in [0.05, 0.1) is 6.21 Å². The van der Waals surface area contributed by atoms with Gasteiger partial charge in [-0.1, -0.05) is 30.3 Å². The van der Waals surface area contributed by atoms with Crippen molar-refractivity contribution >= 4 is 23.7 Å². The topological polar surface area (TPSA) is 82.9 Å². The van der Waals surface area contributed by atoms with Crippen LogP contribution in [0.1, 0.15) is 19.4 Å². The lowest BCUT2D eigenvalue weighted by Crippen LogP contribution is -2.19. The van der Waals surface area contributed by atoms with Crippen LogP contribution in [0.3, 0.4) is 0 Å². The zero-order valence-electron chi connectivity index (χ0n) is 10.2. The molecular weight excluding hydrogens is 232 g/mol. The SMILES string of the molecule is CC(=O)N/N=C\C(=N/NC(C)=O)c1ccccc1. The van der Waals surface area contributed by atoms with Crippen molar-refractivity contribution in [1.29, 1.82) is 0 Å². The number of hydrogen-bond acceptors (Lipinski definition) is 4. The monoisotopic (exact) mass is 246 g/mol. The molecular formula is C12H14N4O2. The number of benzene rings is 1. The summed E-state index contributed by atoms with van der Waals surface area (Å²) < 4.78 is 0. The molecule has 0 aliphatic rings. The van der Waals surface area contributed by atoms with Gasteiger partial charge in [-0.05, 0) is 0 Å². The Labute approximate surface area is 105 Å². The summed E-state index contributed by atoms with van der Waals surface area (Å²) >= 11 is 0. The Morgan fingerprint density at radius 3 is 2.22 bits per heavy atom. The van der Waals surface area contributed by atoms with Crippen LogP contribution in [0.15, 0.2) is 40.5 Å². The van der Waals surface area contributed by atoms with E-state index in [9.17, 15) is 9.59 Å². The fourth-order valence-electron chi connectivity index (χ4n) is 1.10. The minimum Gasteiger partial charge on any atom is -0.274 e. The van der Waals surface area contributed by atoms with E-state index in [-0.39, 0.29) is 11.8 Å². The second-order valence-electron chi connectivity index (χ2n) is 3.46. The highest BCUT2D eigenvalue weighted by Gasteiger charge is 2.00. The molecule has 0 unspecified atom stereocenters. The Hall–Kier alpha value is -2.50. The smallest absolute Gasteiger partial charge is 0.236 e. The molecule has 1 rings (SSSR count). The molecule has 0 fully saturated rings. The number of nitrogens with zero attached hydrogens (tertiary/aromatic N) is 2. The van der Waals surface area contributed by atoms with Gasteiger partial charge in [0, 0.05) is 19.4 Å². The highest BCUT2D eigenvalue weighted by atomic mass is 16.2. The molecule has 0 aliphatic carbocycles. The molecule has 0 aromatic heterocycles. The average molecular weight is 246 g/mol. The largest absolute Gasteiger partial charge is 0.274 e. The molecule has 0 spiro atoms. The van der Waals surface area contributed by atoms with Crippen LogP contribution >= 0.6 is 0 Å². The third-order valence-corrected chi connectivity index (χ3v) is 1.81. The van der Waals surface area contributed by atoms with E-state index in [1.807, 2.05) is 30.3 Å². The molecule has 1 aromatic rings. The van der Waals surface area contributed by atoms with Gasteiger partial charge >= 0.3 is 0 Å². The molecule has 6 nitrogen and oxygen atoms in total. The Balaban J connectivity index is 2.89. The first-order valence-electron chi connectivity index (χ1n) is 5.29. The summed E-state index contributed by atoms with van der Waals surface area (Å²) in [6.45, 7) is 2.71. The van der Waals surface area contributed by atoms with E-state index >= 15 is 0 Å². The minimum absolute atomic E-state index is 0.279. The molecule has 0 aliphatic heterocycles. The van der Waals surface area contributed by atoms with Gasteiger partial charge in [0.1, 0.15) is 5.71 Å². The molecule has 0 saturated heterocycles. The maximum absolute atomic E-state index is 10.8. The summed E-state index contributed by atoms with van der Waals surface area (Å²) in [4.78, 5) is 21.5. The van der Waals surface area contributed by atoms with Crippen LogP contribution < -0.4 is 10.9 Å². The number of carbonyl (C=O) groups excluding carboxylic acids is 2. The third-order valence-electron chi connectivity index (χ3n) is 1.81. The summed E-state index contributed by atoms with van der Waals surface area (Å²) in [5.74, 6) is -0.561. The first-order valence-corrected chi connectivity index (χ1v) is 5.29. The fourth-order valence-corrected chi connectivity index (χ4v) is 1.10. The van der Waals surface area contributed by atoms with Crippen LogP contribution in [-0.2, 0) is 9.59 Å². The maximum Gasteiger partial charge on any atom is 0.236 e. The van der Waals surface area contributed by atoms with E-state index in [0.717, 1.165) is 5.56 Å². The lowest BCUT2D eigenvalue weighted by atomic mass is 10.1. The molecule has 0 heterocycles. The van der Waals surface area contributed by atoms with Gasteiger partial charge in [-0.3, -0.25) is 9.59 Å². The van der Waals surface area contributed by atoms with Gasteiger partial charge in [-0.25, -0.2) is 10.9 Å². The Morgan fingerprint density at radius 1 is 1.06 bits per heavy atom. The first kappa shape index (κ1) is 13.6. The van der Waals surface area contributed by atoms with Crippen molar-refractivity contribution in [2.24, 2.45) is 10.2 Å². The predicted octanol–water partition coefficient (Wildman–Crippen LogP) is 0.649. The maximum atomic E-state index is 10.8. The lowest BCUT2D eigenvalue weighted by Gasteiger charge is -2.01. The Bertz CT molecular complexity index is 480. The standard InChI is InChI=1S/C12H14N4O2/c1-9(17)14-13-8-12(16-15-10(2)18)11-6-4-3-5-7-11/h3-8H,1-2H3,(H,14,17)(H,15,18)/b13-8-,16-12+. The summed E-state index contributed by atoms with van der Waals surface area (Å²) in [7, 11) is 0. The average Bonchev–Trinajstić information content (AvgIpc) is 2.34. The molecule has 0 atom stereocenters. The summed E-state index contributed by atoms with van der Waals surface area (Å²) in [5.41, 5.74) is 5.82. The first-order chi connectivity index (χ1) is 8.59. The van der Waals surface area contributed by atoms with Crippen LogP contribution in [0.4, 0.5) is 0 Å². The van der Waals surface area contributed by atoms with Crippen molar-refractivity contribution in [3.63, 3.8) is 0 Å². The summed E-state index contributed by atoms with van der Waals surface area (Å²) in [6.07, 6.45) is 1.37. The number of rotatable bonds is 4. The molecule has 0 radical (unpaired) electrons. The lowest BCUT2D eigenvalue weighted by molar-refractivity contribution is -0.119. The van der Waals surface area contributed by atoms with Crippen molar-refractivity contribution in [1.82, 2.24) is 10.9 Å². The minimum atomic E-state index is -0.281. The van der Waals surface area contributed by atoms with E-state index in [1.54, 1.807) is 0 Å². The van der Waals surface area contributed by atoms with Gasteiger partial charge < -0.3 is 0 Å². The predicted molar refractivity (Wildman–Crippen MR) is 69.1 cm³/mol. The van der Waals surface area contributed by atoms with Crippen LogP contribution in [0, 0.1) is 0 Å². The molecule has 94 valence electrons. The van der Waals surface area contributed by atoms with Gasteiger partial charge in [-0.2, -0.15) is 10.2 Å². The molecule has 2 amide bonds. The van der Waals surface area contributed by atoms with Crippen LogP contribution in [0.25, 0.3) is 0 Å². The fraction of sp³-hybridized carbons (Fsp3) is 0.167. The van der Waals surface area contributed by atoms with Gasteiger partial charge in [-0.15, -0.1) is 0 Å². The number of hydrogen-bond donors (Lipinski definition) is 2. The Morgan fingerprint density at radius 2 is 1.67 bits per heavy atom. The highest BCUT2D eigenvalue weighted by molar-refractivity contribution is 6.38. The van der Waals surface area contributed by atoms with Crippen molar-refractivity contribution in [2.75, 3.05) is 0 Å². The number of carbonyl (C=O) groups is 2. The van der Waals surface area contributed by atoms with Crippen molar-refractivity contribution in [3.05, 3.63) is 35.9 Å². The van der Waals surface area contributed by atoms with Crippen LogP contribution in [0.5, 0.6) is 0 Å². The van der Waals surface area contributed by atoms with E-state index in [4.69, 9.17) is 0 Å². The normalized spacial score (nSPS) is 11.3. The quantitative estimate of drug-likeness (QED) is 0.604. The van der Waals surface area contributed by atoms with E-state index in [0.29, 0.717) is 5.71 Å². The van der Waals surface area contributed by atoms with E-state index in [2.05, 4.69) is 21.1 Å². The van der Waals surface area contributed by atoms with E-state index < -0.39 is 0 Å². The van der Waals surface area contributed by atoms with Gasteiger partial charge in [0.2, 0.25) is 11.8 Å².